The molecule has 5 nitrogen and oxygen atoms in total. The molecule has 0 atom stereocenters. The van der Waals surface area contributed by atoms with Crippen molar-refractivity contribution in [3.8, 4) is 0 Å². The Morgan fingerprint density at radius 1 is 0.789 bits per heavy atom. The SMILES string of the molecule is NC(=O)Nc1ccc(NC(=O)c2ccccc2)cc1. The van der Waals surface area contributed by atoms with E-state index in [1.54, 1.807) is 48.5 Å². The van der Waals surface area contributed by atoms with Crippen LogP contribution in [0.25, 0.3) is 0 Å². The van der Waals surface area contributed by atoms with E-state index in [0.717, 1.165) is 0 Å². The third-order valence-electron chi connectivity index (χ3n) is 2.45. The normalized spacial score (nSPS) is 9.68. The van der Waals surface area contributed by atoms with Crippen molar-refractivity contribution in [1.82, 2.24) is 0 Å². The molecule has 0 spiro atoms. The van der Waals surface area contributed by atoms with E-state index in [0.29, 0.717) is 16.9 Å². The Bertz CT molecular complexity index is 579. The molecule has 0 aromatic heterocycles. The summed E-state index contributed by atoms with van der Waals surface area (Å²) in [4.78, 5) is 22.5. The number of primary amides is 1. The van der Waals surface area contributed by atoms with Crippen LogP contribution in [0.1, 0.15) is 10.4 Å². The molecular formula is C14H13N3O2. The highest BCUT2D eigenvalue weighted by Gasteiger charge is 2.04. The molecule has 0 saturated carbocycles. The molecule has 0 saturated heterocycles. The van der Waals surface area contributed by atoms with Crippen LogP contribution in [0.15, 0.2) is 54.6 Å². The lowest BCUT2D eigenvalue weighted by molar-refractivity contribution is 0.102. The fourth-order valence-electron chi connectivity index (χ4n) is 1.57. The zero-order valence-corrected chi connectivity index (χ0v) is 10.1. The second kappa shape index (κ2) is 5.68. The molecule has 2 aromatic rings. The average Bonchev–Trinajstić information content (AvgIpc) is 2.41. The van der Waals surface area contributed by atoms with Crippen LogP contribution in [-0.2, 0) is 0 Å². The Hall–Kier alpha value is -2.82. The summed E-state index contributed by atoms with van der Waals surface area (Å²) >= 11 is 0. The smallest absolute Gasteiger partial charge is 0.316 e. The van der Waals surface area contributed by atoms with Gasteiger partial charge >= 0.3 is 6.03 Å². The third-order valence-corrected chi connectivity index (χ3v) is 2.45. The van der Waals surface area contributed by atoms with Gasteiger partial charge in [0.2, 0.25) is 0 Å². The van der Waals surface area contributed by atoms with E-state index in [4.69, 9.17) is 5.73 Å². The first-order valence-corrected chi connectivity index (χ1v) is 5.68. The molecule has 5 heteroatoms. The summed E-state index contributed by atoms with van der Waals surface area (Å²) in [7, 11) is 0. The highest BCUT2D eigenvalue weighted by Crippen LogP contribution is 2.14. The van der Waals surface area contributed by atoms with Crippen molar-refractivity contribution in [2.45, 2.75) is 0 Å². The standard InChI is InChI=1S/C14H13N3O2/c15-14(19)17-12-8-6-11(7-9-12)16-13(18)10-4-2-1-3-5-10/h1-9H,(H,16,18)(H3,15,17,19). The quantitative estimate of drug-likeness (QED) is 0.787. The van der Waals surface area contributed by atoms with Crippen molar-refractivity contribution in [3.63, 3.8) is 0 Å². The molecule has 0 radical (unpaired) electrons. The minimum Gasteiger partial charge on any atom is -0.351 e. The van der Waals surface area contributed by atoms with Gasteiger partial charge in [-0.15, -0.1) is 0 Å². The number of hydrogen-bond acceptors (Lipinski definition) is 2. The molecule has 19 heavy (non-hydrogen) atoms. The molecule has 4 N–H and O–H groups in total. The Balaban J connectivity index is 2.04. The third kappa shape index (κ3) is 3.57. The van der Waals surface area contributed by atoms with Crippen molar-refractivity contribution < 1.29 is 9.59 Å². The van der Waals surface area contributed by atoms with Gasteiger partial charge < -0.3 is 16.4 Å². The number of benzene rings is 2. The van der Waals surface area contributed by atoms with Crippen LogP contribution in [0.3, 0.4) is 0 Å². The Kier molecular flexibility index (Phi) is 3.78. The van der Waals surface area contributed by atoms with Gasteiger partial charge in [-0.2, -0.15) is 0 Å². The monoisotopic (exact) mass is 255 g/mol. The van der Waals surface area contributed by atoms with Gasteiger partial charge in [0.15, 0.2) is 0 Å². The van der Waals surface area contributed by atoms with Crippen molar-refractivity contribution in [2.24, 2.45) is 5.73 Å². The molecule has 2 rings (SSSR count). The summed E-state index contributed by atoms with van der Waals surface area (Å²) in [6, 6.07) is 15.0. The number of rotatable bonds is 3. The number of nitrogens with two attached hydrogens (primary N) is 1. The first-order chi connectivity index (χ1) is 9.15. The minimum absolute atomic E-state index is 0.184. The van der Waals surface area contributed by atoms with E-state index >= 15 is 0 Å². The number of anilines is 2. The van der Waals surface area contributed by atoms with Gasteiger partial charge in [-0.05, 0) is 36.4 Å². The Labute approximate surface area is 110 Å². The van der Waals surface area contributed by atoms with E-state index in [-0.39, 0.29) is 5.91 Å². The van der Waals surface area contributed by atoms with Gasteiger partial charge in [-0.3, -0.25) is 4.79 Å². The average molecular weight is 255 g/mol. The largest absolute Gasteiger partial charge is 0.351 e. The minimum atomic E-state index is -0.624. The molecule has 0 aliphatic heterocycles. The van der Waals surface area contributed by atoms with Crippen LogP contribution in [-0.4, -0.2) is 11.9 Å². The number of carbonyl (C=O) groups excluding carboxylic acids is 2. The molecular weight excluding hydrogens is 242 g/mol. The fourth-order valence-corrected chi connectivity index (χ4v) is 1.57. The van der Waals surface area contributed by atoms with E-state index in [9.17, 15) is 9.59 Å². The number of carbonyl (C=O) groups is 2. The summed E-state index contributed by atoms with van der Waals surface area (Å²) in [5.41, 5.74) is 6.80. The molecule has 0 unspecified atom stereocenters. The van der Waals surface area contributed by atoms with Gasteiger partial charge in [-0.25, -0.2) is 4.79 Å². The second-order valence-corrected chi connectivity index (χ2v) is 3.89. The fraction of sp³-hybridized carbons (Fsp3) is 0. The maximum atomic E-state index is 11.9. The summed E-state index contributed by atoms with van der Waals surface area (Å²) in [6.07, 6.45) is 0. The van der Waals surface area contributed by atoms with E-state index < -0.39 is 6.03 Å². The van der Waals surface area contributed by atoms with Gasteiger partial charge in [0.25, 0.3) is 5.91 Å². The van der Waals surface area contributed by atoms with Crippen LogP contribution >= 0.6 is 0 Å². The first kappa shape index (κ1) is 12.6. The molecule has 2 aromatic carbocycles. The van der Waals surface area contributed by atoms with Crippen molar-refractivity contribution in [2.75, 3.05) is 10.6 Å². The van der Waals surface area contributed by atoms with Gasteiger partial charge in [-0.1, -0.05) is 18.2 Å². The lowest BCUT2D eigenvalue weighted by Crippen LogP contribution is -2.19. The molecule has 3 amide bonds. The highest BCUT2D eigenvalue weighted by atomic mass is 16.2. The number of urea groups is 1. The lowest BCUT2D eigenvalue weighted by Gasteiger charge is -2.06. The molecule has 0 aliphatic rings. The topological polar surface area (TPSA) is 84.2 Å². The Morgan fingerprint density at radius 2 is 1.32 bits per heavy atom. The highest BCUT2D eigenvalue weighted by molar-refractivity contribution is 6.04. The lowest BCUT2D eigenvalue weighted by atomic mass is 10.2. The molecule has 0 fully saturated rings. The number of nitrogens with one attached hydrogen (secondary N) is 2. The zero-order chi connectivity index (χ0) is 13.7. The van der Waals surface area contributed by atoms with E-state index in [1.165, 1.54) is 0 Å². The number of hydrogen-bond donors (Lipinski definition) is 3. The summed E-state index contributed by atoms with van der Waals surface area (Å²) in [5.74, 6) is -0.184. The molecule has 0 bridgehead atoms. The van der Waals surface area contributed by atoms with Gasteiger partial charge in [0, 0.05) is 16.9 Å². The van der Waals surface area contributed by atoms with Gasteiger partial charge in [0.05, 0.1) is 0 Å². The van der Waals surface area contributed by atoms with Crippen LogP contribution in [0.2, 0.25) is 0 Å². The van der Waals surface area contributed by atoms with Crippen LogP contribution in [0.4, 0.5) is 16.2 Å². The molecule has 0 aliphatic carbocycles. The van der Waals surface area contributed by atoms with Crippen LogP contribution < -0.4 is 16.4 Å². The van der Waals surface area contributed by atoms with Crippen molar-refractivity contribution in [3.05, 3.63) is 60.2 Å². The maximum Gasteiger partial charge on any atom is 0.316 e. The zero-order valence-electron chi connectivity index (χ0n) is 10.1. The Morgan fingerprint density at radius 3 is 1.84 bits per heavy atom. The van der Waals surface area contributed by atoms with Crippen LogP contribution in [0, 0.1) is 0 Å². The summed E-state index contributed by atoms with van der Waals surface area (Å²) in [6.45, 7) is 0. The predicted octanol–water partition coefficient (Wildman–Crippen LogP) is 2.43. The number of amides is 3. The van der Waals surface area contributed by atoms with E-state index in [2.05, 4.69) is 10.6 Å². The van der Waals surface area contributed by atoms with Crippen molar-refractivity contribution >= 4 is 23.3 Å². The van der Waals surface area contributed by atoms with Gasteiger partial charge in [0.1, 0.15) is 0 Å². The van der Waals surface area contributed by atoms with Crippen molar-refractivity contribution in [1.29, 1.82) is 0 Å². The summed E-state index contributed by atoms with van der Waals surface area (Å²) < 4.78 is 0. The van der Waals surface area contributed by atoms with E-state index in [1.807, 2.05) is 6.07 Å². The summed E-state index contributed by atoms with van der Waals surface area (Å²) in [5, 5.41) is 5.20. The van der Waals surface area contributed by atoms with Crippen LogP contribution in [0.5, 0.6) is 0 Å². The second-order valence-electron chi connectivity index (χ2n) is 3.89. The first-order valence-electron chi connectivity index (χ1n) is 5.68. The molecule has 0 heterocycles. The molecule has 96 valence electrons. The maximum absolute atomic E-state index is 11.9. The predicted molar refractivity (Wildman–Crippen MR) is 74.0 cm³/mol.